The summed E-state index contributed by atoms with van der Waals surface area (Å²) < 4.78 is 9.90. The van der Waals surface area contributed by atoms with Crippen molar-refractivity contribution in [2.75, 3.05) is 19.0 Å². The van der Waals surface area contributed by atoms with E-state index in [9.17, 15) is 20.0 Å². The molecule has 0 aliphatic rings. The molecular weight excluding hydrogens is 348 g/mol. The normalized spacial score (nSPS) is 10.6. The van der Waals surface area contributed by atoms with Crippen LogP contribution < -0.4 is 10.1 Å². The van der Waals surface area contributed by atoms with E-state index in [4.69, 9.17) is 9.47 Å². The Balaban J connectivity index is 2.15. The fourth-order valence-corrected chi connectivity index (χ4v) is 2.20. The van der Waals surface area contributed by atoms with E-state index in [0.29, 0.717) is 16.8 Å². The van der Waals surface area contributed by atoms with Gasteiger partial charge in [0.05, 0.1) is 19.3 Å². The Morgan fingerprint density at radius 1 is 1.22 bits per heavy atom. The maximum Gasteiger partial charge on any atom is 0.338 e. The molecule has 0 fully saturated rings. The molecule has 2 N–H and O–H groups in total. The number of carbonyl (C=O) groups excluding carboxylic acids is 2. The molecule has 2 aromatic rings. The first-order valence-electron chi connectivity index (χ1n) is 8.05. The molecule has 0 saturated carbocycles. The summed E-state index contributed by atoms with van der Waals surface area (Å²) in [6.07, 6.45) is 1.38. The van der Waals surface area contributed by atoms with Gasteiger partial charge in [-0.05, 0) is 55.0 Å². The first-order valence-corrected chi connectivity index (χ1v) is 8.05. The Bertz CT molecular complexity index is 911. The van der Waals surface area contributed by atoms with Crippen molar-refractivity contribution in [1.29, 1.82) is 5.26 Å². The number of benzene rings is 2. The highest BCUT2D eigenvalue weighted by atomic mass is 16.5. The Kier molecular flexibility index (Phi) is 6.55. The van der Waals surface area contributed by atoms with Gasteiger partial charge in [-0.15, -0.1) is 0 Å². The second-order valence-corrected chi connectivity index (χ2v) is 5.35. The van der Waals surface area contributed by atoms with Gasteiger partial charge in [0.15, 0.2) is 11.5 Å². The number of methoxy groups -OCH3 is 1. The second-order valence-electron chi connectivity index (χ2n) is 5.35. The highest BCUT2D eigenvalue weighted by molar-refractivity contribution is 6.09. The van der Waals surface area contributed by atoms with Crippen LogP contribution in [0.1, 0.15) is 22.8 Å². The minimum atomic E-state index is -0.603. The van der Waals surface area contributed by atoms with Crippen LogP contribution in [-0.2, 0) is 9.53 Å². The summed E-state index contributed by atoms with van der Waals surface area (Å²) in [5, 5.41) is 21.5. The number of anilines is 1. The Morgan fingerprint density at radius 3 is 2.52 bits per heavy atom. The number of hydrogen-bond acceptors (Lipinski definition) is 6. The largest absolute Gasteiger partial charge is 0.504 e. The lowest BCUT2D eigenvalue weighted by molar-refractivity contribution is -0.112. The van der Waals surface area contributed by atoms with Crippen LogP contribution in [0.3, 0.4) is 0 Å². The molecular formula is C20H18N2O5. The average molecular weight is 366 g/mol. The molecule has 7 heteroatoms. The molecule has 0 saturated heterocycles. The quantitative estimate of drug-likeness (QED) is 0.462. The van der Waals surface area contributed by atoms with Crippen molar-refractivity contribution in [2.24, 2.45) is 0 Å². The average Bonchev–Trinajstić information content (AvgIpc) is 2.67. The highest BCUT2D eigenvalue weighted by Gasteiger charge is 2.12. The maximum absolute atomic E-state index is 12.3. The minimum Gasteiger partial charge on any atom is -0.504 e. The summed E-state index contributed by atoms with van der Waals surface area (Å²) in [6, 6.07) is 12.4. The molecule has 0 aliphatic carbocycles. The van der Waals surface area contributed by atoms with Crippen LogP contribution in [0, 0.1) is 11.3 Å². The SMILES string of the molecule is CCOC(=O)c1ccc(NC(=O)/C(C#N)=C/c2ccc(O)c(OC)c2)cc1. The first-order chi connectivity index (χ1) is 13.0. The van der Waals surface area contributed by atoms with Gasteiger partial charge in [0, 0.05) is 5.69 Å². The number of rotatable bonds is 6. The van der Waals surface area contributed by atoms with E-state index in [0.717, 1.165) is 0 Å². The first kappa shape index (κ1) is 19.5. The Labute approximate surface area is 156 Å². The third kappa shape index (κ3) is 5.09. The summed E-state index contributed by atoms with van der Waals surface area (Å²) in [4.78, 5) is 23.9. The number of ether oxygens (including phenoxy) is 2. The maximum atomic E-state index is 12.3. The highest BCUT2D eigenvalue weighted by Crippen LogP contribution is 2.27. The summed E-state index contributed by atoms with van der Waals surface area (Å²) in [7, 11) is 1.40. The van der Waals surface area contributed by atoms with Gasteiger partial charge in [-0.2, -0.15) is 5.26 Å². The fourth-order valence-electron chi connectivity index (χ4n) is 2.20. The van der Waals surface area contributed by atoms with E-state index < -0.39 is 11.9 Å². The molecule has 0 radical (unpaired) electrons. The van der Waals surface area contributed by atoms with E-state index in [-0.39, 0.29) is 23.7 Å². The molecule has 0 aromatic heterocycles. The van der Waals surface area contributed by atoms with Crippen molar-refractivity contribution < 1.29 is 24.2 Å². The standard InChI is InChI=1S/C20H18N2O5/c1-3-27-20(25)14-5-7-16(8-6-14)22-19(24)15(12-21)10-13-4-9-17(23)18(11-13)26-2/h4-11,23H,3H2,1-2H3,(H,22,24)/b15-10+. The smallest absolute Gasteiger partial charge is 0.338 e. The van der Waals surface area contributed by atoms with Crippen molar-refractivity contribution in [3.63, 3.8) is 0 Å². The van der Waals surface area contributed by atoms with Gasteiger partial charge >= 0.3 is 5.97 Å². The lowest BCUT2D eigenvalue weighted by Crippen LogP contribution is -2.13. The molecule has 27 heavy (non-hydrogen) atoms. The van der Waals surface area contributed by atoms with E-state index >= 15 is 0 Å². The lowest BCUT2D eigenvalue weighted by atomic mass is 10.1. The zero-order valence-electron chi connectivity index (χ0n) is 14.9. The minimum absolute atomic E-state index is 0.0423. The van der Waals surface area contributed by atoms with Crippen LogP contribution >= 0.6 is 0 Å². The molecule has 1 amide bonds. The van der Waals surface area contributed by atoms with E-state index in [1.807, 2.05) is 6.07 Å². The molecule has 0 atom stereocenters. The number of esters is 1. The predicted molar refractivity (Wildman–Crippen MR) is 99.3 cm³/mol. The summed E-state index contributed by atoms with van der Waals surface area (Å²) in [5.74, 6) is -0.863. The lowest BCUT2D eigenvalue weighted by Gasteiger charge is -2.07. The van der Waals surface area contributed by atoms with Gasteiger partial charge < -0.3 is 19.9 Å². The van der Waals surface area contributed by atoms with Crippen LogP contribution in [0.15, 0.2) is 48.0 Å². The summed E-state index contributed by atoms with van der Waals surface area (Å²) in [5.41, 5.74) is 1.19. The van der Waals surface area contributed by atoms with E-state index in [1.165, 1.54) is 37.5 Å². The zero-order chi connectivity index (χ0) is 19.8. The molecule has 2 aromatic carbocycles. The number of phenolic OH excluding ortho intramolecular Hbond substituents is 1. The predicted octanol–water partition coefficient (Wildman–Crippen LogP) is 3.12. The number of nitriles is 1. The number of hydrogen-bond donors (Lipinski definition) is 2. The summed E-state index contributed by atoms with van der Waals surface area (Å²) in [6.45, 7) is 1.99. The number of nitrogens with one attached hydrogen (secondary N) is 1. The van der Waals surface area contributed by atoms with Gasteiger partial charge in [-0.25, -0.2) is 4.79 Å². The van der Waals surface area contributed by atoms with Crippen LogP contribution in [-0.4, -0.2) is 30.7 Å². The van der Waals surface area contributed by atoms with Gasteiger partial charge in [-0.3, -0.25) is 4.79 Å². The van der Waals surface area contributed by atoms with Gasteiger partial charge in [0.2, 0.25) is 0 Å². The number of amides is 1. The topological polar surface area (TPSA) is 109 Å². The van der Waals surface area contributed by atoms with Gasteiger partial charge in [-0.1, -0.05) is 6.07 Å². The Hall–Kier alpha value is -3.79. The monoisotopic (exact) mass is 366 g/mol. The van der Waals surface area contributed by atoms with E-state index in [1.54, 1.807) is 25.1 Å². The van der Waals surface area contributed by atoms with Crippen molar-refractivity contribution in [1.82, 2.24) is 0 Å². The molecule has 2 rings (SSSR count). The van der Waals surface area contributed by atoms with Crippen molar-refractivity contribution in [3.8, 4) is 17.6 Å². The number of carbonyl (C=O) groups is 2. The number of nitrogens with zero attached hydrogens (tertiary/aromatic N) is 1. The molecule has 0 heterocycles. The molecule has 0 unspecified atom stereocenters. The molecule has 0 aliphatic heterocycles. The van der Waals surface area contributed by atoms with Crippen molar-refractivity contribution in [2.45, 2.75) is 6.92 Å². The van der Waals surface area contributed by atoms with Crippen LogP contribution in [0.4, 0.5) is 5.69 Å². The van der Waals surface area contributed by atoms with Crippen molar-refractivity contribution in [3.05, 3.63) is 59.2 Å². The van der Waals surface area contributed by atoms with Crippen molar-refractivity contribution >= 4 is 23.6 Å². The second kappa shape index (κ2) is 9.06. The third-order valence-corrected chi connectivity index (χ3v) is 3.53. The van der Waals surface area contributed by atoms with Gasteiger partial charge in [0.25, 0.3) is 5.91 Å². The molecule has 7 nitrogen and oxygen atoms in total. The Morgan fingerprint density at radius 2 is 1.93 bits per heavy atom. The molecule has 138 valence electrons. The van der Waals surface area contributed by atoms with Crippen LogP contribution in [0.2, 0.25) is 0 Å². The fraction of sp³-hybridized carbons (Fsp3) is 0.150. The summed E-state index contributed by atoms with van der Waals surface area (Å²) >= 11 is 0. The zero-order valence-corrected chi connectivity index (χ0v) is 14.9. The molecule has 0 bridgehead atoms. The molecule has 0 spiro atoms. The van der Waals surface area contributed by atoms with Crippen LogP contribution in [0.5, 0.6) is 11.5 Å². The number of phenols is 1. The third-order valence-electron chi connectivity index (χ3n) is 3.53. The van der Waals surface area contributed by atoms with Crippen LogP contribution in [0.25, 0.3) is 6.08 Å². The number of aromatic hydroxyl groups is 1. The van der Waals surface area contributed by atoms with Gasteiger partial charge in [0.1, 0.15) is 11.6 Å². The van der Waals surface area contributed by atoms with E-state index in [2.05, 4.69) is 5.32 Å².